The van der Waals surface area contributed by atoms with Crippen molar-refractivity contribution in [3.63, 3.8) is 0 Å². The SMILES string of the molecule is O=C(Nc1ccc(F)c(F)c1)c1ccc(=O)n(Cc2cccc(Cl)c2)c1. The quantitative estimate of drug-likeness (QED) is 0.748. The van der Waals surface area contributed by atoms with E-state index in [-0.39, 0.29) is 23.4 Å². The lowest BCUT2D eigenvalue weighted by atomic mass is 10.2. The van der Waals surface area contributed by atoms with E-state index < -0.39 is 17.5 Å². The lowest BCUT2D eigenvalue weighted by Crippen LogP contribution is -2.22. The molecule has 0 saturated carbocycles. The number of hydrogen-bond donors (Lipinski definition) is 1. The Labute approximate surface area is 152 Å². The van der Waals surface area contributed by atoms with Crippen LogP contribution in [0, 0.1) is 11.6 Å². The molecule has 132 valence electrons. The van der Waals surface area contributed by atoms with Gasteiger partial charge in [0.25, 0.3) is 11.5 Å². The van der Waals surface area contributed by atoms with Crippen LogP contribution in [-0.4, -0.2) is 10.5 Å². The summed E-state index contributed by atoms with van der Waals surface area (Å²) in [6.07, 6.45) is 1.40. The van der Waals surface area contributed by atoms with E-state index in [0.717, 1.165) is 17.7 Å². The lowest BCUT2D eigenvalue weighted by molar-refractivity contribution is 0.102. The molecule has 0 bridgehead atoms. The molecule has 7 heteroatoms. The first-order valence-electron chi connectivity index (χ1n) is 7.64. The Balaban J connectivity index is 1.83. The molecule has 2 aromatic carbocycles. The molecule has 0 fully saturated rings. The molecular weight excluding hydrogens is 362 g/mol. The van der Waals surface area contributed by atoms with Gasteiger partial charge in [-0.05, 0) is 35.9 Å². The minimum atomic E-state index is -1.06. The first kappa shape index (κ1) is 17.8. The maximum absolute atomic E-state index is 13.2. The number of pyridine rings is 1. The van der Waals surface area contributed by atoms with Crippen LogP contribution in [0.5, 0.6) is 0 Å². The molecule has 0 atom stereocenters. The molecule has 26 heavy (non-hydrogen) atoms. The molecular formula is C19H13ClF2N2O2. The Bertz CT molecular complexity index is 1030. The van der Waals surface area contributed by atoms with Crippen molar-refractivity contribution in [2.24, 2.45) is 0 Å². The number of carbonyl (C=O) groups is 1. The summed E-state index contributed by atoms with van der Waals surface area (Å²) >= 11 is 5.94. The number of carbonyl (C=O) groups excluding carboxylic acids is 1. The number of rotatable bonds is 4. The monoisotopic (exact) mass is 374 g/mol. The number of benzene rings is 2. The Kier molecular flexibility index (Phi) is 5.14. The summed E-state index contributed by atoms with van der Waals surface area (Å²) in [6.45, 7) is 0.242. The first-order chi connectivity index (χ1) is 12.4. The van der Waals surface area contributed by atoms with E-state index in [2.05, 4.69) is 5.32 Å². The molecule has 0 radical (unpaired) electrons. The summed E-state index contributed by atoms with van der Waals surface area (Å²) in [5.74, 6) is -2.61. The summed E-state index contributed by atoms with van der Waals surface area (Å²) in [7, 11) is 0. The predicted octanol–water partition coefficient (Wildman–Crippen LogP) is 4.08. The summed E-state index contributed by atoms with van der Waals surface area (Å²) in [5.41, 5.74) is 0.838. The number of anilines is 1. The average molecular weight is 375 g/mol. The average Bonchev–Trinajstić information content (AvgIpc) is 2.60. The van der Waals surface area contributed by atoms with Gasteiger partial charge in [0.15, 0.2) is 11.6 Å². The van der Waals surface area contributed by atoms with Crippen LogP contribution in [-0.2, 0) is 6.54 Å². The van der Waals surface area contributed by atoms with Crippen LogP contribution in [0.2, 0.25) is 5.02 Å². The third-order valence-electron chi connectivity index (χ3n) is 3.67. The van der Waals surface area contributed by atoms with Crippen molar-refractivity contribution in [1.82, 2.24) is 4.57 Å². The van der Waals surface area contributed by atoms with Gasteiger partial charge in [-0.15, -0.1) is 0 Å². The minimum absolute atomic E-state index is 0.112. The van der Waals surface area contributed by atoms with Crippen LogP contribution in [0.25, 0.3) is 0 Å². The van der Waals surface area contributed by atoms with E-state index in [0.29, 0.717) is 5.02 Å². The zero-order valence-electron chi connectivity index (χ0n) is 13.4. The highest BCUT2D eigenvalue weighted by Gasteiger charge is 2.10. The van der Waals surface area contributed by atoms with Crippen molar-refractivity contribution in [3.05, 3.63) is 98.9 Å². The maximum atomic E-state index is 13.2. The van der Waals surface area contributed by atoms with Gasteiger partial charge in [-0.25, -0.2) is 8.78 Å². The van der Waals surface area contributed by atoms with Gasteiger partial charge in [0.05, 0.1) is 12.1 Å². The summed E-state index contributed by atoms with van der Waals surface area (Å²) in [6, 6.07) is 12.7. The highest BCUT2D eigenvalue weighted by Crippen LogP contribution is 2.15. The van der Waals surface area contributed by atoms with Gasteiger partial charge >= 0.3 is 0 Å². The van der Waals surface area contributed by atoms with E-state index in [1.54, 1.807) is 18.2 Å². The standard InChI is InChI=1S/C19H13ClF2N2O2/c20-14-3-1-2-12(8-14)10-24-11-13(4-7-18(24)25)19(26)23-15-5-6-16(21)17(22)9-15/h1-9,11H,10H2,(H,23,26). The second kappa shape index (κ2) is 7.49. The van der Waals surface area contributed by atoms with Crippen molar-refractivity contribution >= 4 is 23.2 Å². The highest BCUT2D eigenvalue weighted by atomic mass is 35.5. The van der Waals surface area contributed by atoms with Crippen LogP contribution in [0.1, 0.15) is 15.9 Å². The molecule has 1 aromatic heterocycles. The Morgan fingerprint density at radius 2 is 1.85 bits per heavy atom. The van der Waals surface area contributed by atoms with Gasteiger partial charge in [-0.2, -0.15) is 0 Å². The van der Waals surface area contributed by atoms with Crippen LogP contribution >= 0.6 is 11.6 Å². The molecule has 4 nitrogen and oxygen atoms in total. The minimum Gasteiger partial charge on any atom is -0.322 e. The zero-order valence-corrected chi connectivity index (χ0v) is 14.1. The molecule has 3 aromatic rings. The molecule has 0 spiro atoms. The van der Waals surface area contributed by atoms with Crippen molar-refractivity contribution in [2.75, 3.05) is 5.32 Å². The van der Waals surface area contributed by atoms with Crippen molar-refractivity contribution in [1.29, 1.82) is 0 Å². The van der Waals surface area contributed by atoms with Crippen molar-refractivity contribution in [3.8, 4) is 0 Å². The van der Waals surface area contributed by atoms with Crippen LogP contribution < -0.4 is 10.9 Å². The van der Waals surface area contributed by atoms with Gasteiger partial charge < -0.3 is 9.88 Å². The van der Waals surface area contributed by atoms with Crippen LogP contribution in [0.3, 0.4) is 0 Å². The van der Waals surface area contributed by atoms with E-state index >= 15 is 0 Å². The summed E-state index contributed by atoms with van der Waals surface area (Å²) in [4.78, 5) is 24.3. The van der Waals surface area contributed by atoms with Crippen LogP contribution in [0.4, 0.5) is 14.5 Å². The number of amides is 1. The molecule has 1 amide bonds. The second-order valence-electron chi connectivity index (χ2n) is 5.60. The number of nitrogens with one attached hydrogen (secondary N) is 1. The Morgan fingerprint density at radius 3 is 2.58 bits per heavy atom. The maximum Gasteiger partial charge on any atom is 0.257 e. The number of aromatic nitrogens is 1. The van der Waals surface area contributed by atoms with Crippen molar-refractivity contribution < 1.29 is 13.6 Å². The largest absolute Gasteiger partial charge is 0.322 e. The smallest absolute Gasteiger partial charge is 0.257 e. The molecule has 1 heterocycles. The molecule has 0 aliphatic heterocycles. The molecule has 0 saturated heterocycles. The topological polar surface area (TPSA) is 51.1 Å². The summed E-state index contributed by atoms with van der Waals surface area (Å²) < 4.78 is 27.6. The van der Waals surface area contributed by atoms with Gasteiger partial charge in [-0.3, -0.25) is 9.59 Å². The molecule has 3 rings (SSSR count). The number of nitrogens with zero attached hydrogens (tertiary/aromatic N) is 1. The van der Waals surface area contributed by atoms with Gasteiger partial charge in [0.2, 0.25) is 0 Å². The first-order valence-corrected chi connectivity index (χ1v) is 8.01. The molecule has 0 aliphatic carbocycles. The molecule has 0 unspecified atom stereocenters. The third kappa shape index (κ3) is 4.15. The zero-order chi connectivity index (χ0) is 18.7. The fourth-order valence-corrected chi connectivity index (χ4v) is 2.61. The predicted molar refractivity (Wildman–Crippen MR) is 95.6 cm³/mol. The van der Waals surface area contributed by atoms with Gasteiger partial charge in [0, 0.05) is 29.0 Å². The van der Waals surface area contributed by atoms with E-state index in [1.807, 2.05) is 6.07 Å². The molecule has 0 aliphatic rings. The third-order valence-corrected chi connectivity index (χ3v) is 3.90. The Hall–Kier alpha value is -2.99. The Morgan fingerprint density at radius 1 is 1.04 bits per heavy atom. The fourth-order valence-electron chi connectivity index (χ4n) is 2.40. The number of halogens is 3. The second-order valence-corrected chi connectivity index (χ2v) is 6.03. The van der Waals surface area contributed by atoms with Gasteiger partial charge in [-0.1, -0.05) is 23.7 Å². The van der Waals surface area contributed by atoms with E-state index in [9.17, 15) is 18.4 Å². The summed E-state index contributed by atoms with van der Waals surface area (Å²) in [5, 5.41) is 3.01. The van der Waals surface area contributed by atoms with E-state index in [1.165, 1.54) is 29.0 Å². The van der Waals surface area contributed by atoms with Crippen LogP contribution in [0.15, 0.2) is 65.6 Å². The lowest BCUT2D eigenvalue weighted by Gasteiger charge is -2.10. The van der Waals surface area contributed by atoms with Gasteiger partial charge in [0.1, 0.15) is 0 Å². The molecule has 1 N–H and O–H groups in total. The van der Waals surface area contributed by atoms with Crippen molar-refractivity contribution in [2.45, 2.75) is 6.54 Å². The van der Waals surface area contributed by atoms with E-state index in [4.69, 9.17) is 11.6 Å². The normalized spacial score (nSPS) is 10.6. The highest BCUT2D eigenvalue weighted by molar-refractivity contribution is 6.30. The number of hydrogen-bond acceptors (Lipinski definition) is 2. The fraction of sp³-hybridized carbons (Fsp3) is 0.0526.